The van der Waals surface area contributed by atoms with Crippen molar-refractivity contribution in [3.63, 3.8) is 0 Å². The Morgan fingerprint density at radius 1 is 0.933 bits per heavy atom. The van der Waals surface area contributed by atoms with Crippen LogP contribution in [0.3, 0.4) is 0 Å². The second kappa shape index (κ2) is 10.2. The Bertz CT molecular complexity index is 965. The van der Waals surface area contributed by atoms with E-state index in [1.165, 1.54) is 13.0 Å². The van der Waals surface area contributed by atoms with E-state index in [4.69, 9.17) is 18.6 Å². The van der Waals surface area contributed by atoms with Crippen molar-refractivity contribution in [2.75, 3.05) is 11.9 Å². The molecule has 0 radical (unpaired) electrons. The number of ether oxygens (including phenoxy) is 3. The molecule has 1 heterocycles. The average Bonchev–Trinajstić information content (AvgIpc) is 3.24. The molecule has 3 rings (SSSR count). The molecule has 7 heteroatoms. The second-order valence-corrected chi connectivity index (χ2v) is 6.36. The Hall–Kier alpha value is -3.74. The molecule has 0 unspecified atom stereocenters. The number of hydrogen-bond acceptors (Lipinski definition) is 6. The summed E-state index contributed by atoms with van der Waals surface area (Å²) in [5, 5.41) is 2.69. The van der Waals surface area contributed by atoms with Crippen LogP contribution in [0.5, 0.6) is 11.5 Å². The van der Waals surface area contributed by atoms with Crippen LogP contribution in [0.1, 0.15) is 30.2 Å². The summed E-state index contributed by atoms with van der Waals surface area (Å²) in [7, 11) is 0. The van der Waals surface area contributed by atoms with E-state index in [1.54, 1.807) is 30.3 Å². The maximum Gasteiger partial charge on any atom is 0.375 e. The van der Waals surface area contributed by atoms with Gasteiger partial charge < -0.3 is 23.9 Å². The summed E-state index contributed by atoms with van der Waals surface area (Å²) in [5.41, 5.74) is 0.574. The molecule has 156 valence electrons. The molecule has 7 nitrogen and oxygen atoms in total. The molecule has 0 spiro atoms. The predicted octanol–water partition coefficient (Wildman–Crippen LogP) is 4.44. The number of hydrogen-bond donors (Lipinski definition) is 1. The monoisotopic (exact) mass is 409 g/mol. The highest BCUT2D eigenvalue weighted by atomic mass is 16.6. The number of para-hydroxylation sites is 1. The third-order valence-electron chi connectivity index (χ3n) is 4.07. The number of benzene rings is 2. The third-order valence-corrected chi connectivity index (χ3v) is 4.07. The lowest BCUT2D eigenvalue weighted by molar-refractivity contribution is -0.123. The van der Waals surface area contributed by atoms with Gasteiger partial charge in [0.05, 0.1) is 6.61 Å². The van der Waals surface area contributed by atoms with Gasteiger partial charge in [-0.25, -0.2) is 4.79 Å². The van der Waals surface area contributed by atoms with Gasteiger partial charge in [0.15, 0.2) is 6.10 Å². The molecule has 1 amide bonds. The molecule has 0 aliphatic carbocycles. The average molecular weight is 409 g/mol. The molecule has 1 atom stereocenters. The Kier molecular flexibility index (Phi) is 7.10. The minimum absolute atomic E-state index is 0.00220. The van der Waals surface area contributed by atoms with Crippen LogP contribution in [0.25, 0.3) is 0 Å². The van der Waals surface area contributed by atoms with Gasteiger partial charge in [-0.3, -0.25) is 4.79 Å². The van der Waals surface area contributed by atoms with E-state index in [9.17, 15) is 9.59 Å². The molecule has 0 aliphatic rings. The first kappa shape index (κ1) is 21.0. The summed E-state index contributed by atoms with van der Waals surface area (Å²) in [6, 6.07) is 19.3. The lowest BCUT2D eigenvalue weighted by Crippen LogP contribution is -2.29. The molecule has 1 N–H and O–H groups in total. The minimum atomic E-state index is -1.00. The van der Waals surface area contributed by atoms with Crippen molar-refractivity contribution in [3.8, 4) is 11.5 Å². The minimum Gasteiger partial charge on any atom is -0.494 e. The zero-order chi connectivity index (χ0) is 21.3. The highest BCUT2D eigenvalue weighted by Gasteiger charge is 2.21. The van der Waals surface area contributed by atoms with E-state index in [2.05, 4.69) is 5.32 Å². The van der Waals surface area contributed by atoms with E-state index in [0.717, 1.165) is 0 Å². The standard InChI is InChI=1S/C23H23NO6/c1-3-27-19-11-9-17(10-12-19)24-22(25)16(2)29-23(26)21-14-13-20(30-21)15-28-18-7-5-4-6-8-18/h4-14,16H,3,15H2,1-2H3,(H,24,25)/t16-/m0/s1. The molecule has 0 aliphatic heterocycles. The van der Waals surface area contributed by atoms with Gasteiger partial charge in [0.2, 0.25) is 5.76 Å². The van der Waals surface area contributed by atoms with Crippen LogP contribution in [0.4, 0.5) is 5.69 Å². The largest absolute Gasteiger partial charge is 0.494 e. The van der Waals surface area contributed by atoms with E-state index in [-0.39, 0.29) is 12.4 Å². The lowest BCUT2D eigenvalue weighted by atomic mass is 10.3. The quantitative estimate of drug-likeness (QED) is 0.526. The van der Waals surface area contributed by atoms with Gasteiger partial charge in [0.1, 0.15) is 23.9 Å². The molecule has 0 fully saturated rings. The van der Waals surface area contributed by atoms with Crippen LogP contribution in [-0.4, -0.2) is 24.6 Å². The van der Waals surface area contributed by atoms with E-state index >= 15 is 0 Å². The normalized spacial score (nSPS) is 11.4. The molecule has 3 aromatic rings. The fraction of sp³-hybridized carbons (Fsp3) is 0.217. The summed E-state index contributed by atoms with van der Waals surface area (Å²) in [5.74, 6) is 0.694. The smallest absolute Gasteiger partial charge is 0.375 e. The highest BCUT2D eigenvalue weighted by Crippen LogP contribution is 2.17. The highest BCUT2D eigenvalue weighted by molar-refractivity contribution is 5.96. The molecular weight excluding hydrogens is 386 g/mol. The Balaban J connectivity index is 1.49. The summed E-state index contributed by atoms with van der Waals surface area (Å²) >= 11 is 0. The summed E-state index contributed by atoms with van der Waals surface area (Å²) in [6.07, 6.45) is -1.00. The SMILES string of the molecule is CCOc1ccc(NC(=O)[C@H](C)OC(=O)c2ccc(COc3ccccc3)o2)cc1. The van der Waals surface area contributed by atoms with Gasteiger partial charge in [-0.15, -0.1) is 0 Å². The fourth-order valence-electron chi connectivity index (χ4n) is 2.55. The van der Waals surface area contributed by atoms with Crippen LogP contribution in [0.15, 0.2) is 71.1 Å². The molecule has 2 aromatic carbocycles. The second-order valence-electron chi connectivity index (χ2n) is 6.36. The van der Waals surface area contributed by atoms with Crippen LogP contribution in [0.2, 0.25) is 0 Å². The number of nitrogens with one attached hydrogen (secondary N) is 1. The van der Waals surface area contributed by atoms with Crippen LogP contribution >= 0.6 is 0 Å². The van der Waals surface area contributed by atoms with Crippen molar-refractivity contribution >= 4 is 17.6 Å². The van der Waals surface area contributed by atoms with E-state index in [1.807, 2.05) is 37.3 Å². The maximum atomic E-state index is 12.3. The molecule has 0 saturated heterocycles. The zero-order valence-electron chi connectivity index (χ0n) is 16.8. The molecule has 0 bridgehead atoms. The van der Waals surface area contributed by atoms with Crippen molar-refractivity contribution < 1.29 is 28.2 Å². The van der Waals surface area contributed by atoms with Gasteiger partial charge in [-0.2, -0.15) is 0 Å². The number of carbonyl (C=O) groups is 2. The van der Waals surface area contributed by atoms with Crippen molar-refractivity contribution in [1.82, 2.24) is 0 Å². The predicted molar refractivity (Wildman–Crippen MR) is 111 cm³/mol. The van der Waals surface area contributed by atoms with Gasteiger partial charge in [0, 0.05) is 5.69 Å². The number of anilines is 1. The lowest BCUT2D eigenvalue weighted by Gasteiger charge is -2.13. The van der Waals surface area contributed by atoms with Crippen molar-refractivity contribution in [1.29, 1.82) is 0 Å². The third kappa shape index (κ3) is 5.88. The van der Waals surface area contributed by atoms with E-state index < -0.39 is 18.0 Å². The van der Waals surface area contributed by atoms with Gasteiger partial charge in [-0.1, -0.05) is 18.2 Å². The summed E-state index contributed by atoms with van der Waals surface area (Å²) in [4.78, 5) is 24.5. The number of furan rings is 1. The summed E-state index contributed by atoms with van der Waals surface area (Å²) in [6.45, 7) is 4.12. The number of esters is 1. The molecule has 0 saturated carbocycles. The molecule has 30 heavy (non-hydrogen) atoms. The van der Waals surface area contributed by atoms with Crippen LogP contribution in [0, 0.1) is 0 Å². The first-order chi connectivity index (χ1) is 14.5. The van der Waals surface area contributed by atoms with Gasteiger partial charge in [-0.05, 0) is 62.4 Å². The Morgan fingerprint density at radius 3 is 2.33 bits per heavy atom. The Morgan fingerprint density at radius 2 is 1.63 bits per heavy atom. The van der Waals surface area contributed by atoms with Crippen molar-refractivity contribution in [3.05, 3.63) is 78.3 Å². The van der Waals surface area contributed by atoms with Gasteiger partial charge >= 0.3 is 5.97 Å². The Labute approximate surface area is 174 Å². The number of amides is 1. The fourth-order valence-corrected chi connectivity index (χ4v) is 2.55. The van der Waals surface area contributed by atoms with Crippen LogP contribution < -0.4 is 14.8 Å². The molecular formula is C23H23NO6. The first-order valence-corrected chi connectivity index (χ1v) is 9.56. The number of rotatable bonds is 9. The summed E-state index contributed by atoms with van der Waals surface area (Å²) < 4.78 is 21.6. The number of carbonyl (C=O) groups excluding carboxylic acids is 2. The maximum absolute atomic E-state index is 12.3. The van der Waals surface area contributed by atoms with Crippen molar-refractivity contribution in [2.45, 2.75) is 26.6 Å². The zero-order valence-corrected chi connectivity index (χ0v) is 16.8. The van der Waals surface area contributed by atoms with Crippen molar-refractivity contribution in [2.24, 2.45) is 0 Å². The van der Waals surface area contributed by atoms with Crippen LogP contribution in [-0.2, 0) is 16.1 Å². The van der Waals surface area contributed by atoms with Gasteiger partial charge in [0.25, 0.3) is 5.91 Å². The molecule has 1 aromatic heterocycles. The first-order valence-electron chi connectivity index (χ1n) is 9.56. The topological polar surface area (TPSA) is 87.0 Å². The van der Waals surface area contributed by atoms with E-state index in [0.29, 0.717) is 29.6 Å².